The Labute approximate surface area is 70.5 Å². The maximum absolute atomic E-state index is 10.3. The third-order valence-electron chi connectivity index (χ3n) is 1.44. The molecule has 0 aromatic heterocycles. The van der Waals surface area contributed by atoms with Gasteiger partial charge in [-0.3, -0.25) is 9.59 Å². The van der Waals surface area contributed by atoms with Gasteiger partial charge in [0, 0.05) is 0 Å². The van der Waals surface area contributed by atoms with Crippen LogP contribution in [0.15, 0.2) is 11.1 Å². The van der Waals surface area contributed by atoms with Crippen LogP contribution in [0, 0.1) is 0 Å². The van der Waals surface area contributed by atoms with Crippen LogP contribution in [-0.4, -0.2) is 22.2 Å². The van der Waals surface area contributed by atoms with Crippen LogP contribution in [0.5, 0.6) is 0 Å². The van der Waals surface area contributed by atoms with Gasteiger partial charge >= 0.3 is 11.9 Å². The molecule has 2 N–H and O–H groups in total. The molecule has 0 spiro atoms. The zero-order chi connectivity index (χ0) is 9.72. The first kappa shape index (κ1) is 10.7. The van der Waals surface area contributed by atoms with Gasteiger partial charge < -0.3 is 10.2 Å². The van der Waals surface area contributed by atoms with Crippen molar-refractivity contribution in [3.8, 4) is 0 Å². The van der Waals surface area contributed by atoms with Crippen LogP contribution >= 0.6 is 0 Å². The van der Waals surface area contributed by atoms with E-state index in [2.05, 4.69) is 0 Å². The van der Waals surface area contributed by atoms with Crippen molar-refractivity contribution in [3.05, 3.63) is 11.1 Å². The first-order chi connectivity index (χ1) is 5.43. The van der Waals surface area contributed by atoms with Gasteiger partial charge in [0.1, 0.15) is 0 Å². The molecular weight excluding hydrogens is 160 g/mol. The van der Waals surface area contributed by atoms with Crippen molar-refractivity contribution in [2.24, 2.45) is 0 Å². The Bertz CT molecular complexity index is 205. The number of hydrogen-bond donors (Lipinski definition) is 2. The molecule has 0 aliphatic rings. The molecule has 12 heavy (non-hydrogen) atoms. The Morgan fingerprint density at radius 3 is 1.50 bits per heavy atom. The Balaban J connectivity index is 4.37. The fraction of sp³-hybridized carbons (Fsp3) is 0.500. The van der Waals surface area contributed by atoms with Crippen LogP contribution in [0.3, 0.4) is 0 Å². The molecule has 0 rings (SSSR count). The highest BCUT2D eigenvalue weighted by atomic mass is 16.4. The van der Waals surface area contributed by atoms with E-state index in [1.165, 1.54) is 0 Å². The molecule has 0 unspecified atom stereocenters. The molecule has 0 amide bonds. The SMILES string of the molecule is CC(C)=C(CC(=O)O)CC(=O)O. The third kappa shape index (κ3) is 4.49. The summed E-state index contributed by atoms with van der Waals surface area (Å²) in [5.74, 6) is -1.99. The smallest absolute Gasteiger partial charge is 0.307 e. The number of carbonyl (C=O) groups is 2. The summed E-state index contributed by atoms with van der Waals surface area (Å²) in [7, 11) is 0. The number of rotatable bonds is 4. The second-order valence-electron chi connectivity index (χ2n) is 2.74. The minimum atomic E-state index is -0.993. The summed E-state index contributed by atoms with van der Waals surface area (Å²) in [5.41, 5.74) is 1.23. The standard InChI is InChI=1S/C8H12O4/c1-5(2)6(3-7(9)10)4-8(11)12/h3-4H2,1-2H3,(H,9,10)(H,11,12). The molecule has 0 saturated heterocycles. The Morgan fingerprint density at radius 1 is 1.00 bits per heavy atom. The van der Waals surface area contributed by atoms with E-state index in [0.29, 0.717) is 5.57 Å². The van der Waals surface area contributed by atoms with Crippen LogP contribution in [0.4, 0.5) is 0 Å². The molecule has 0 atom stereocenters. The van der Waals surface area contributed by atoms with E-state index in [1.807, 2.05) is 0 Å². The molecule has 68 valence electrons. The highest BCUT2D eigenvalue weighted by Crippen LogP contribution is 2.12. The van der Waals surface area contributed by atoms with Crippen LogP contribution in [0.25, 0.3) is 0 Å². The summed E-state index contributed by atoms with van der Waals surface area (Å²) < 4.78 is 0. The van der Waals surface area contributed by atoms with E-state index < -0.39 is 11.9 Å². The number of hydrogen-bond acceptors (Lipinski definition) is 2. The quantitative estimate of drug-likeness (QED) is 0.626. The Morgan fingerprint density at radius 2 is 1.33 bits per heavy atom. The van der Waals surface area contributed by atoms with Crippen molar-refractivity contribution in [1.29, 1.82) is 0 Å². The minimum Gasteiger partial charge on any atom is -0.481 e. The molecule has 0 aromatic carbocycles. The molecule has 0 aliphatic carbocycles. The van der Waals surface area contributed by atoms with Gasteiger partial charge in [0.25, 0.3) is 0 Å². The second-order valence-corrected chi connectivity index (χ2v) is 2.74. The van der Waals surface area contributed by atoms with E-state index in [1.54, 1.807) is 13.8 Å². The minimum absolute atomic E-state index is 0.186. The lowest BCUT2D eigenvalue weighted by Crippen LogP contribution is -2.04. The van der Waals surface area contributed by atoms with Gasteiger partial charge in [0.2, 0.25) is 0 Å². The Kier molecular flexibility index (Phi) is 4.04. The van der Waals surface area contributed by atoms with Gasteiger partial charge in [-0.15, -0.1) is 0 Å². The van der Waals surface area contributed by atoms with Crippen molar-refractivity contribution >= 4 is 11.9 Å². The fourth-order valence-corrected chi connectivity index (χ4v) is 0.781. The lowest BCUT2D eigenvalue weighted by atomic mass is 10.0. The highest BCUT2D eigenvalue weighted by molar-refractivity contribution is 5.75. The zero-order valence-corrected chi connectivity index (χ0v) is 7.13. The van der Waals surface area contributed by atoms with Gasteiger partial charge in [-0.05, 0) is 19.4 Å². The molecule has 0 fully saturated rings. The molecule has 4 heteroatoms. The van der Waals surface area contributed by atoms with E-state index in [-0.39, 0.29) is 12.8 Å². The number of carboxylic acid groups (broad SMARTS) is 2. The maximum Gasteiger partial charge on any atom is 0.307 e. The second kappa shape index (κ2) is 4.54. The van der Waals surface area contributed by atoms with Crippen LogP contribution in [0.1, 0.15) is 26.7 Å². The lowest BCUT2D eigenvalue weighted by Gasteiger charge is -2.03. The first-order valence-corrected chi connectivity index (χ1v) is 3.52. The number of aliphatic carboxylic acids is 2. The fourth-order valence-electron chi connectivity index (χ4n) is 0.781. The summed E-state index contributed by atoms with van der Waals surface area (Å²) in [5, 5.41) is 16.8. The van der Waals surface area contributed by atoms with Crippen LogP contribution < -0.4 is 0 Å². The van der Waals surface area contributed by atoms with Gasteiger partial charge in [0.15, 0.2) is 0 Å². The molecule has 4 nitrogen and oxygen atoms in total. The molecule has 0 heterocycles. The van der Waals surface area contributed by atoms with Gasteiger partial charge in [0.05, 0.1) is 12.8 Å². The molecule has 0 radical (unpaired) electrons. The molecule has 0 aromatic rings. The van der Waals surface area contributed by atoms with E-state index >= 15 is 0 Å². The zero-order valence-electron chi connectivity index (χ0n) is 7.13. The van der Waals surface area contributed by atoms with Gasteiger partial charge in [-0.25, -0.2) is 0 Å². The van der Waals surface area contributed by atoms with Gasteiger partial charge in [-0.1, -0.05) is 5.57 Å². The lowest BCUT2D eigenvalue weighted by molar-refractivity contribution is -0.136. The van der Waals surface area contributed by atoms with Crippen molar-refractivity contribution in [2.45, 2.75) is 26.7 Å². The van der Waals surface area contributed by atoms with E-state index in [0.717, 1.165) is 5.57 Å². The predicted octanol–water partition coefficient (Wildman–Crippen LogP) is 1.27. The highest BCUT2D eigenvalue weighted by Gasteiger charge is 2.09. The average Bonchev–Trinajstić information content (AvgIpc) is 1.83. The third-order valence-corrected chi connectivity index (χ3v) is 1.44. The largest absolute Gasteiger partial charge is 0.481 e. The summed E-state index contributed by atoms with van der Waals surface area (Å²) >= 11 is 0. The number of carboxylic acids is 2. The molecule has 0 bridgehead atoms. The van der Waals surface area contributed by atoms with Crippen LogP contribution in [-0.2, 0) is 9.59 Å². The van der Waals surface area contributed by atoms with Crippen molar-refractivity contribution in [3.63, 3.8) is 0 Å². The molecule has 0 aliphatic heterocycles. The summed E-state index contributed by atoms with van der Waals surface area (Å²) in [6.45, 7) is 3.42. The molecular formula is C8H12O4. The monoisotopic (exact) mass is 172 g/mol. The topological polar surface area (TPSA) is 74.6 Å². The summed E-state index contributed by atoms with van der Waals surface area (Å²) in [6, 6.07) is 0. The van der Waals surface area contributed by atoms with Crippen molar-refractivity contribution < 1.29 is 19.8 Å². The average molecular weight is 172 g/mol. The summed E-state index contributed by atoms with van der Waals surface area (Å²) in [6.07, 6.45) is -0.372. The maximum atomic E-state index is 10.3. The first-order valence-electron chi connectivity index (χ1n) is 3.52. The molecule has 0 saturated carbocycles. The normalized spacial score (nSPS) is 9.17. The van der Waals surface area contributed by atoms with E-state index in [4.69, 9.17) is 10.2 Å². The van der Waals surface area contributed by atoms with Crippen molar-refractivity contribution in [1.82, 2.24) is 0 Å². The summed E-state index contributed by atoms with van der Waals surface area (Å²) in [4.78, 5) is 20.5. The van der Waals surface area contributed by atoms with Gasteiger partial charge in [-0.2, -0.15) is 0 Å². The number of allylic oxidation sites excluding steroid dienone is 1. The predicted molar refractivity (Wildman–Crippen MR) is 42.9 cm³/mol. The van der Waals surface area contributed by atoms with E-state index in [9.17, 15) is 9.59 Å². The van der Waals surface area contributed by atoms with Crippen molar-refractivity contribution in [2.75, 3.05) is 0 Å². The van der Waals surface area contributed by atoms with Crippen LogP contribution in [0.2, 0.25) is 0 Å². The Hall–Kier alpha value is -1.32.